The number of carbonyl (C=O) groups excluding carboxylic acids is 1. The average molecular weight is 476 g/mol. The van der Waals surface area contributed by atoms with Gasteiger partial charge >= 0.3 is 6.18 Å². The Balaban J connectivity index is 1.78. The molecular formula is C22H17ClF3N5O2. The number of benzene rings is 2. The molecule has 0 radical (unpaired) electrons. The van der Waals surface area contributed by atoms with Gasteiger partial charge < -0.3 is 10.1 Å². The van der Waals surface area contributed by atoms with E-state index in [1.165, 1.54) is 13.2 Å². The number of ether oxygens (including phenoxy) is 1. The van der Waals surface area contributed by atoms with Gasteiger partial charge in [0, 0.05) is 16.7 Å². The molecule has 0 fully saturated rings. The number of nitrogens with zero attached hydrogens (tertiary/aromatic N) is 4. The summed E-state index contributed by atoms with van der Waals surface area (Å²) in [6.45, 7) is 3.59. The summed E-state index contributed by atoms with van der Waals surface area (Å²) in [7, 11) is 1.39. The zero-order chi connectivity index (χ0) is 23.9. The molecule has 2 heterocycles. The largest absolute Gasteiger partial charge is 0.495 e. The van der Waals surface area contributed by atoms with Crippen molar-refractivity contribution < 1.29 is 22.7 Å². The third kappa shape index (κ3) is 4.47. The normalized spacial score (nSPS) is 11.6. The standard InChI is InChI=1S/C22H17ClF3N5O2/c1-11-4-6-13(7-5-11)15-10-18(22(24,25)26)31-21(28-15)29-19(30-31)20(32)27-16-8-12(2)14(23)9-17(16)33-3/h4-10H,1-3H3,(H,27,32). The van der Waals surface area contributed by atoms with E-state index in [9.17, 15) is 18.0 Å². The highest BCUT2D eigenvalue weighted by molar-refractivity contribution is 6.31. The van der Waals surface area contributed by atoms with Crippen LogP contribution in [0.25, 0.3) is 17.0 Å². The molecule has 7 nitrogen and oxygen atoms in total. The first-order valence-electron chi connectivity index (χ1n) is 9.64. The first-order chi connectivity index (χ1) is 15.6. The van der Waals surface area contributed by atoms with Crippen molar-refractivity contribution in [3.8, 4) is 17.0 Å². The number of halogens is 4. The molecule has 4 aromatic rings. The van der Waals surface area contributed by atoms with E-state index >= 15 is 0 Å². The minimum atomic E-state index is -4.75. The van der Waals surface area contributed by atoms with Crippen LogP contribution >= 0.6 is 11.6 Å². The van der Waals surface area contributed by atoms with Crippen molar-refractivity contribution in [2.45, 2.75) is 20.0 Å². The van der Waals surface area contributed by atoms with Gasteiger partial charge in [-0.3, -0.25) is 4.79 Å². The summed E-state index contributed by atoms with van der Waals surface area (Å²) in [4.78, 5) is 20.9. The van der Waals surface area contributed by atoms with Crippen LogP contribution in [-0.4, -0.2) is 32.6 Å². The zero-order valence-corrected chi connectivity index (χ0v) is 18.4. The highest BCUT2D eigenvalue weighted by atomic mass is 35.5. The molecule has 0 spiro atoms. The molecule has 1 amide bonds. The molecule has 2 aromatic carbocycles. The van der Waals surface area contributed by atoms with E-state index in [4.69, 9.17) is 16.3 Å². The fourth-order valence-electron chi connectivity index (χ4n) is 3.15. The summed E-state index contributed by atoms with van der Waals surface area (Å²) < 4.78 is 47.0. The summed E-state index contributed by atoms with van der Waals surface area (Å²) in [6, 6.07) is 10.8. The summed E-state index contributed by atoms with van der Waals surface area (Å²) in [5, 5.41) is 6.74. The molecule has 0 saturated carbocycles. The maximum Gasteiger partial charge on any atom is 0.433 e. The molecule has 1 N–H and O–H groups in total. The number of fused-ring (bicyclic) bond motifs is 1. The van der Waals surface area contributed by atoms with E-state index in [0.29, 0.717) is 20.7 Å². The second-order valence-corrected chi connectivity index (χ2v) is 7.70. The minimum Gasteiger partial charge on any atom is -0.495 e. The lowest BCUT2D eigenvalue weighted by Crippen LogP contribution is -2.16. The number of rotatable bonds is 4. The fourth-order valence-corrected chi connectivity index (χ4v) is 3.30. The third-order valence-electron chi connectivity index (χ3n) is 4.88. The Morgan fingerprint density at radius 1 is 1.09 bits per heavy atom. The minimum absolute atomic E-state index is 0.0594. The van der Waals surface area contributed by atoms with Gasteiger partial charge in [-0.15, -0.1) is 5.10 Å². The van der Waals surface area contributed by atoms with Crippen LogP contribution in [0.2, 0.25) is 5.02 Å². The molecule has 4 rings (SSSR count). The van der Waals surface area contributed by atoms with E-state index in [-0.39, 0.29) is 22.9 Å². The zero-order valence-electron chi connectivity index (χ0n) is 17.7. The van der Waals surface area contributed by atoms with Crippen LogP contribution in [0, 0.1) is 13.8 Å². The molecule has 0 saturated heterocycles. The van der Waals surface area contributed by atoms with E-state index in [2.05, 4.69) is 20.4 Å². The van der Waals surface area contributed by atoms with Crippen molar-refractivity contribution in [2.75, 3.05) is 12.4 Å². The number of aryl methyl sites for hydroxylation is 2. The van der Waals surface area contributed by atoms with Crippen molar-refractivity contribution in [3.63, 3.8) is 0 Å². The van der Waals surface area contributed by atoms with Crippen molar-refractivity contribution in [1.29, 1.82) is 0 Å². The van der Waals surface area contributed by atoms with Gasteiger partial charge in [0.2, 0.25) is 5.82 Å². The number of aromatic nitrogens is 4. The fraction of sp³-hybridized carbons (Fsp3) is 0.182. The van der Waals surface area contributed by atoms with Crippen LogP contribution in [0.4, 0.5) is 18.9 Å². The van der Waals surface area contributed by atoms with Crippen molar-refractivity contribution in [3.05, 3.63) is 70.1 Å². The average Bonchev–Trinajstić information content (AvgIpc) is 3.19. The lowest BCUT2D eigenvalue weighted by molar-refractivity contribution is -0.142. The Bertz CT molecular complexity index is 1370. The molecule has 170 valence electrons. The number of methoxy groups -OCH3 is 1. The summed E-state index contributed by atoms with van der Waals surface area (Å²) in [5.41, 5.74) is 1.32. The van der Waals surface area contributed by atoms with Crippen LogP contribution < -0.4 is 10.1 Å². The quantitative estimate of drug-likeness (QED) is 0.431. The first kappa shape index (κ1) is 22.5. The number of nitrogens with one attached hydrogen (secondary N) is 1. The van der Waals surface area contributed by atoms with E-state index in [1.54, 1.807) is 37.3 Å². The Morgan fingerprint density at radius 2 is 1.79 bits per heavy atom. The number of hydrogen-bond acceptors (Lipinski definition) is 5. The molecule has 0 atom stereocenters. The molecule has 11 heteroatoms. The Kier molecular flexibility index (Phi) is 5.71. The third-order valence-corrected chi connectivity index (χ3v) is 5.29. The highest BCUT2D eigenvalue weighted by Gasteiger charge is 2.36. The summed E-state index contributed by atoms with van der Waals surface area (Å²) in [5.74, 6) is -1.39. The van der Waals surface area contributed by atoms with Gasteiger partial charge in [-0.05, 0) is 31.5 Å². The van der Waals surface area contributed by atoms with E-state index in [0.717, 1.165) is 11.6 Å². The molecule has 2 aromatic heterocycles. The number of hydrogen-bond donors (Lipinski definition) is 1. The second kappa shape index (κ2) is 8.36. The maximum absolute atomic E-state index is 13.8. The van der Waals surface area contributed by atoms with Crippen LogP contribution in [0.3, 0.4) is 0 Å². The number of alkyl halides is 3. The SMILES string of the molecule is COc1cc(Cl)c(C)cc1NC(=O)c1nc2nc(-c3ccc(C)cc3)cc(C(F)(F)F)n2n1. The Labute approximate surface area is 191 Å². The maximum atomic E-state index is 13.8. The van der Waals surface area contributed by atoms with Crippen molar-refractivity contribution >= 4 is 29.0 Å². The van der Waals surface area contributed by atoms with Crippen molar-refractivity contribution in [2.24, 2.45) is 0 Å². The molecule has 0 aliphatic rings. The van der Waals surface area contributed by atoms with Crippen LogP contribution in [-0.2, 0) is 6.18 Å². The molecule has 0 bridgehead atoms. The predicted molar refractivity (Wildman–Crippen MR) is 117 cm³/mol. The Hall–Kier alpha value is -3.66. The monoisotopic (exact) mass is 475 g/mol. The lowest BCUT2D eigenvalue weighted by Gasteiger charge is -2.11. The number of amides is 1. The van der Waals surface area contributed by atoms with Gasteiger partial charge in [0.05, 0.1) is 18.5 Å². The number of carbonyl (C=O) groups is 1. The molecule has 0 unspecified atom stereocenters. The number of anilines is 1. The lowest BCUT2D eigenvalue weighted by atomic mass is 10.1. The first-order valence-corrected chi connectivity index (χ1v) is 10.0. The van der Waals surface area contributed by atoms with Gasteiger partial charge in [-0.2, -0.15) is 22.7 Å². The molecular weight excluding hydrogens is 459 g/mol. The molecule has 0 aliphatic carbocycles. The molecule has 0 aliphatic heterocycles. The van der Waals surface area contributed by atoms with Gasteiger partial charge in [0.1, 0.15) is 5.75 Å². The van der Waals surface area contributed by atoms with E-state index in [1.807, 2.05) is 6.92 Å². The topological polar surface area (TPSA) is 81.4 Å². The van der Waals surface area contributed by atoms with Crippen LogP contribution in [0.5, 0.6) is 5.75 Å². The predicted octanol–water partition coefficient (Wildman–Crippen LogP) is 5.34. The second-order valence-electron chi connectivity index (χ2n) is 7.29. The summed E-state index contributed by atoms with van der Waals surface area (Å²) >= 11 is 6.07. The van der Waals surface area contributed by atoms with Gasteiger partial charge in [0.25, 0.3) is 11.7 Å². The summed E-state index contributed by atoms with van der Waals surface area (Å²) in [6.07, 6.45) is -4.75. The van der Waals surface area contributed by atoms with Gasteiger partial charge in [0.15, 0.2) is 5.69 Å². The van der Waals surface area contributed by atoms with Crippen LogP contribution in [0.1, 0.15) is 27.4 Å². The smallest absolute Gasteiger partial charge is 0.433 e. The highest BCUT2D eigenvalue weighted by Crippen LogP contribution is 2.33. The van der Waals surface area contributed by atoms with Crippen LogP contribution in [0.15, 0.2) is 42.5 Å². The van der Waals surface area contributed by atoms with Gasteiger partial charge in [-0.25, -0.2) is 4.98 Å². The Morgan fingerprint density at radius 3 is 2.42 bits per heavy atom. The van der Waals surface area contributed by atoms with E-state index < -0.39 is 23.6 Å². The molecule has 33 heavy (non-hydrogen) atoms. The van der Waals surface area contributed by atoms with Crippen molar-refractivity contribution in [1.82, 2.24) is 19.6 Å². The van der Waals surface area contributed by atoms with Gasteiger partial charge in [-0.1, -0.05) is 41.4 Å².